The van der Waals surface area contributed by atoms with Crippen LogP contribution >= 0.6 is 11.8 Å². The summed E-state index contributed by atoms with van der Waals surface area (Å²) < 4.78 is 17.3. The number of methoxy groups -OCH3 is 1. The average Bonchev–Trinajstić information content (AvgIpc) is 2.98. The Morgan fingerprint density at radius 2 is 1.94 bits per heavy atom. The molecule has 0 fully saturated rings. The molecular weight excluding hydrogens is 468 g/mol. The summed E-state index contributed by atoms with van der Waals surface area (Å²) in [5, 5.41) is 9.19. The van der Waals surface area contributed by atoms with Crippen LogP contribution in [0.1, 0.15) is 45.4 Å². The summed E-state index contributed by atoms with van der Waals surface area (Å²) in [5.41, 5.74) is 2.08. The minimum absolute atomic E-state index is 0.233. The molecule has 182 valence electrons. The van der Waals surface area contributed by atoms with Crippen LogP contribution < -0.4 is 19.1 Å². The van der Waals surface area contributed by atoms with Gasteiger partial charge in [0.05, 0.1) is 18.4 Å². The van der Waals surface area contributed by atoms with Crippen molar-refractivity contribution in [3.8, 4) is 28.6 Å². The zero-order valence-electron chi connectivity index (χ0n) is 20.0. The monoisotopic (exact) mass is 494 g/mol. The molecule has 0 radical (unpaired) electrons. The van der Waals surface area contributed by atoms with Crippen LogP contribution in [0.25, 0.3) is 11.3 Å². The van der Waals surface area contributed by atoms with E-state index in [0.29, 0.717) is 33.4 Å². The van der Waals surface area contributed by atoms with Gasteiger partial charge in [-0.2, -0.15) is 4.98 Å². The number of rotatable bonds is 7. The van der Waals surface area contributed by atoms with Gasteiger partial charge in [-0.15, -0.1) is 10.2 Å². The Hall–Kier alpha value is -3.66. The minimum atomic E-state index is -1.01. The summed E-state index contributed by atoms with van der Waals surface area (Å²) in [7, 11) is 1.53. The second kappa shape index (κ2) is 10.7. The van der Waals surface area contributed by atoms with E-state index in [1.165, 1.54) is 37.6 Å². The molecule has 4 rings (SSSR count). The molecule has 0 unspecified atom stereocenters. The summed E-state index contributed by atoms with van der Waals surface area (Å²) in [5.74, 6) is 1.06. The van der Waals surface area contributed by atoms with E-state index in [-0.39, 0.29) is 17.5 Å². The zero-order valence-corrected chi connectivity index (χ0v) is 20.8. The summed E-state index contributed by atoms with van der Waals surface area (Å²) >= 11 is 1.49. The number of para-hydroxylation sites is 1. The van der Waals surface area contributed by atoms with E-state index in [9.17, 15) is 9.59 Å². The number of benzene rings is 2. The van der Waals surface area contributed by atoms with Crippen LogP contribution in [0.4, 0.5) is 5.69 Å². The number of hydrogen-bond acceptors (Lipinski definition) is 9. The molecule has 1 aliphatic rings. The molecule has 2 aromatic carbocycles. The van der Waals surface area contributed by atoms with Crippen molar-refractivity contribution in [3.05, 3.63) is 48.0 Å². The molecule has 1 atom stereocenters. The standard InChI is InChI=1S/C25H26N4O5S/c1-5-6-13-35-25-26-23-22(27-28-25)18-9-7-8-10-20(18)29(15(2)30)24(34-23)19-14-17(32-4)11-12-21(19)33-16(3)31/h7-12,14,24H,5-6,13H2,1-4H3/t24-/m0/s1. The molecular formula is C25H26N4O5S. The van der Waals surface area contributed by atoms with Crippen LogP contribution in [0, 0.1) is 0 Å². The fraction of sp³-hybridized carbons (Fsp3) is 0.320. The summed E-state index contributed by atoms with van der Waals surface area (Å²) in [6.07, 6.45) is 1.06. The number of carbonyl (C=O) groups excluding carboxylic acids is 2. The minimum Gasteiger partial charge on any atom is -0.497 e. The third-order valence-electron chi connectivity index (χ3n) is 5.32. The molecule has 0 bridgehead atoms. The SMILES string of the molecule is CCCCSc1nnc2c(n1)O[C@@H](c1cc(OC)ccc1OC(C)=O)N(C(C)=O)c1ccccc1-2. The lowest BCUT2D eigenvalue weighted by atomic mass is 10.1. The van der Waals surface area contributed by atoms with Crippen LogP contribution in [-0.4, -0.2) is 39.9 Å². The Bertz CT molecular complexity index is 1250. The van der Waals surface area contributed by atoms with E-state index in [0.717, 1.165) is 18.6 Å². The first-order valence-corrected chi connectivity index (χ1v) is 12.2. The van der Waals surface area contributed by atoms with Crippen molar-refractivity contribution >= 4 is 29.3 Å². The Balaban J connectivity index is 1.91. The molecule has 3 aromatic rings. The number of amides is 1. The average molecular weight is 495 g/mol. The third kappa shape index (κ3) is 5.22. The van der Waals surface area contributed by atoms with Crippen molar-refractivity contribution < 1.29 is 23.8 Å². The zero-order chi connectivity index (χ0) is 24.9. The first-order chi connectivity index (χ1) is 16.9. The van der Waals surface area contributed by atoms with Crippen LogP contribution in [0.2, 0.25) is 0 Å². The van der Waals surface area contributed by atoms with Crippen molar-refractivity contribution in [2.45, 2.75) is 45.0 Å². The predicted molar refractivity (Wildman–Crippen MR) is 132 cm³/mol. The topological polar surface area (TPSA) is 104 Å². The fourth-order valence-electron chi connectivity index (χ4n) is 3.72. The van der Waals surface area contributed by atoms with E-state index in [4.69, 9.17) is 14.2 Å². The lowest BCUT2D eigenvalue weighted by molar-refractivity contribution is -0.132. The van der Waals surface area contributed by atoms with Crippen molar-refractivity contribution in [1.82, 2.24) is 15.2 Å². The Morgan fingerprint density at radius 3 is 2.66 bits per heavy atom. The number of thioether (sulfide) groups is 1. The normalized spacial score (nSPS) is 14.3. The quantitative estimate of drug-likeness (QED) is 0.198. The molecule has 35 heavy (non-hydrogen) atoms. The maximum atomic E-state index is 13.0. The first-order valence-electron chi connectivity index (χ1n) is 11.2. The molecule has 1 aliphatic heterocycles. The molecule has 2 heterocycles. The van der Waals surface area contributed by atoms with Gasteiger partial charge in [-0.1, -0.05) is 43.3 Å². The molecule has 1 aromatic heterocycles. The number of unbranched alkanes of at least 4 members (excludes halogenated alkanes) is 1. The fourth-order valence-corrected chi connectivity index (χ4v) is 4.58. The van der Waals surface area contributed by atoms with E-state index < -0.39 is 12.2 Å². The Kier molecular flexibility index (Phi) is 7.50. The van der Waals surface area contributed by atoms with E-state index >= 15 is 0 Å². The molecule has 0 spiro atoms. The highest BCUT2D eigenvalue weighted by molar-refractivity contribution is 7.99. The molecule has 1 amide bonds. The number of aromatic nitrogens is 3. The maximum absolute atomic E-state index is 13.0. The van der Waals surface area contributed by atoms with Gasteiger partial charge in [-0.25, -0.2) is 0 Å². The Morgan fingerprint density at radius 1 is 1.14 bits per heavy atom. The number of esters is 1. The second-order valence-corrected chi connectivity index (χ2v) is 8.89. The van der Waals surface area contributed by atoms with Crippen molar-refractivity contribution in [2.24, 2.45) is 0 Å². The largest absolute Gasteiger partial charge is 0.497 e. The molecule has 0 N–H and O–H groups in total. The number of carbonyl (C=O) groups is 2. The maximum Gasteiger partial charge on any atom is 0.308 e. The van der Waals surface area contributed by atoms with Crippen LogP contribution in [0.3, 0.4) is 0 Å². The van der Waals surface area contributed by atoms with Gasteiger partial charge in [0.1, 0.15) is 11.5 Å². The number of fused-ring (bicyclic) bond motifs is 3. The lowest BCUT2D eigenvalue weighted by Gasteiger charge is -2.30. The molecule has 0 saturated heterocycles. The smallest absolute Gasteiger partial charge is 0.308 e. The van der Waals surface area contributed by atoms with Gasteiger partial charge >= 0.3 is 5.97 Å². The van der Waals surface area contributed by atoms with Crippen molar-refractivity contribution in [1.29, 1.82) is 0 Å². The van der Waals surface area contributed by atoms with E-state index in [1.807, 2.05) is 18.2 Å². The number of anilines is 1. The van der Waals surface area contributed by atoms with E-state index in [1.54, 1.807) is 24.3 Å². The number of ether oxygens (including phenoxy) is 3. The molecule has 0 aliphatic carbocycles. The first kappa shape index (κ1) is 24.5. The summed E-state index contributed by atoms with van der Waals surface area (Å²) in [6.45, 7) is 4.87. The highest BCUT2D eigenvalue weighted by atomic mass is 32.2. The van der Waals surface area contributed by atoms with Gasteiger partial charge in [0, 0.05) is 25.2 Å². The third-order valence-corrected chi connectivity index (χ3v) is 6.24. The molecule has 0 saturated carbocycles. The van der Waals surface area contributed by atoms with Gasteiger partial charge in [0.2, 0.25) is 23.2 Å². The highest BCUT2D eigenvalue weighted by Gasteiger charge is 2.36. The highest BCUT2D eigenvalue weighted by Crippen LogP contribution is 2.45. The van der Waals surface area contributed by atoms with Gasteiger partial charge < -0.3 is 14.2 Å². The van der Waals surface area contributed by atoms with Gasteiger partial charge in [-0.3, -0.25) is 14.5 Å². The van der Waals surface area contributed by atoms with Gasteiger partial charge in [-0.05, 0) is 30.7 Å². The Labute approximate surface area is 207 Å². The van der Waals surface area contributed by atoms with Gasteiger partial charge in [0.25, 0.3) is 0 Å². The van der Waals surface area contributed by atoms with Gasteiger partial charge in [0.15, 0.2) is 5.69 Å². The number of hydrogen-bond donors (Lipinski definition) is 0. The summed E-state index contributed by atoms with van der Waals surface area (Å²) in [4.78, 5) is 31.0. The predicted octanol–water partition coefficient (Wildman–Crippen LogP) is 4.81. The van der Waals surface area contributed by atoms with Crippen molar-refractivity contribution in [3.63, 3.8) is 0 Å². The van der Waals surface area contributed by atoms with Crippen LogP contribution in [0.5, 0.6) is 17.4 Å². The molecule has 9 nitrogen and oxygen atoms in total. The second-order valence-electron chi connectivity index (χ2n) is 7.82. The molecule has 10 heteroatoms. The van der Waals surface area contributed by atoms with Crippen molar-refractivity contribution in [2.75, 3.05) is 17.8 Å². The lowest BCUT2D eigenvalue weighted by Crippen LogP contribution is -2.36. The number of nitrogens with zero attached hydrogens (tertiary/aromatic N) is 4. The van der Waals surface area contributed by atoms with E-state index in [2.05, 4.69) is 22.1 Å². The van der Waals surface area contributed by atoms with Crippen LogP contribution in [-0.2, 0) is 9.59 Å². The summed E-state index contributed by atoms with van der Waals surface area (Å²) in [6, 6.07) is 12.3. The van der Waals surface area contributed by atoms with Crippen LogP contribution in [0.15, 0.2) is 47.6 Å².